The van der Waals surface area contributed by atoms with Crippen molar-refractivity contribution in [3.63, 3.8) is 0 Å². The Balaban J connectivity index is 1.84. The molecule has 1 aliphatic rings. The fraction of sp³-hybridized carbons (Fsp3) is 0.467. The van der Waals surface area contributed by atoms with Crippen molar-refractivity contribution in [3.05, 3.63) is 28.2 Å². The van der Waals surface area contributed by atoms with E-state index in [2.05, 4.69) is 21.2 Å². The SMILES string of the molecule is Cc1ccc(OCC(=O)NC(CC(=O)O)C2CC2)c(Br)c1. The van der Waals surface area contributed by atoms with E-state index in [4.69, 9.17) is 9.84 Å². The average molecular weight is 356 g/mol. The number of hydrogen-bond donors (Lipinski definition) is 2. The highest BCUT2D eigenvalue weighted by atomic mass is 79.9. The Kier molecular flexibility index (Phi) is 5.22. The number of carboxylic acid groups (broad SMARTS) is 1. The largest absolute Gasteiger partial charge is 0.483 e. The van der Waals surface area contributed by atoms with Gasteiger partial charge in [-0.2, -0.15) is 0 Å². The lowest BCUT2D eigenvalue weighted by Gasteiger charge is -2.16. The van der Waals surface area contributed by atoms with Gasteiger partial charge in [0.2, 0.25) is 0 Å². The van der Waals surface area contributed by atoms with Gasteiger partial charge in [0.15, 0.2) is 6.61 Å². The summed E-state index contributed by atoms with van der Waals surface area (Å²) in [5.41, 5.74) is 1.09. The molecule has 6 heteroatoms. The Hall–Kier alpha value is -1.56. The first-order chi connectivity index (χ1) is 9.95. The van der Waals surface area contributed by atoms with Crippen molar-refractivity contribution in [1.29, 1.82) is 0 Å². The topological polar surface area (TPSA) is 75.6 Å². The molecular weight excluding hydrogens is 338 g/mol. The lowest BCUT2D eigenvalue weighted by Crippen LogP contribution is -2.40. The van der Waals surface area contributed by atoms with Crippen molar-refractivity contribution < 1.29 is 19.4 Å². The molecule has 1 saturated carbocycles. The highest BCUT2D eigenvalue weighted by Gasteiger charge is 2.33. The van der Waals surface area contributed by atoms with Gasteiger partial charge in [0, 0.05) is 6.04 Å². The quantitative estimate of drug-likeness (QED) is 0.787. The number of carbonyl (C=O) groups is 2. The molecular formula is C15H18BrNO4. The molecule has 0 radical (unpaired) electrons. The predicted octanol–water partition coefficient (Wildman–Crippen LogP) is 2.51. The molecule has 0 bridgehead atoms. The van der Waals surface area contributed by atoms with Crippen LogP contribution in [0.25, 0.3) is 0 Å². The van der Waals surface area contributed by atoms with E-state index in [1.165, 1.54) is 0 Å². The number of aryl methyl sites for hydroxylation is 1. The van der Waals surface area contributed by atoms with E-state index in [1.807, 2.05) is 19.1 Å². The minimum atomic E-state index is -0.894. The van der Waals surface area contributed by atoms with Gasteiger partial charge in [-0.1, -0.05) is 6.07 Å². The zero-order chi connectivity index (χ0) is 15.4. The van der Waals surface area contributed by atoms with Crippen molar-refractivity contribution in [2.75, 3.05) is 6.61 Å². The van der Waals surface area contributed by atoms with Crippen LogP contribution in [0.1, 0.15) is 24.8 Å². The number of benzene rings is 1. The lowest BCUT2D eigenvalue weighted by molar-refractivity contribution is -0.138. The number of nitrogens with one attached hydrogen (secondary N) is 1. The standard InChI is InChI=1S/C15H18BrNO4/c1-9-2-5-13(11(16)6-9)21-8-14(18)17-12(7-15(19)20)10-3-4-10/h2,5-6,10,12H,3-4,7-8H2,1H3,(H,17,18)(H,19,20). The van der Waals surface area contributed by atoms with E-state index >= 15 is 0 Å². The smallest absolute Gasteiger partial charge is 0.305 e. The maximum atomic E-state index is 11.9. The zero-order valence-corrected chi connectivity index (χ0v) is 13.4. The van der Waals surface area contributed by atoms with Crippen LogP contribution in [0, 0.1) is 12.8 Å². The Bertz CT molecular complexity index is 542. The molecule has 0 aromatic heterocycles. The van der Waals surface area contributed by atoms with Crippen LogP contribution in [0.15, 0.2) is 22.7 Å². The van der Waals surface area contributed by atoms with Gasteiger partial charge in [-0.15, -0.1) is 0 Å². The van der Waals surface area contributed by atoms with Crippen LogP contribution in [0.3, 0.4) is 0 Å². The molecule has 1 unspecified atom stereocenters. The number of carboxylic acids is 1. The van der Waals surface area contributed by atoms with Gasteiger partial charge in [0.25, 0.3) is 5.91 Å². The molecule has 1 aromatic rings. The Morgan fingerprint density at radius 1 is 1.48 bits per heavy atom. The summed E-state index contributed by atoms with van der Waals surface area (Å²) in [7, 11) is 0. The molecule has 2 rings (SSSR count). The molecule has 1 aromatic carbocycles. The van der Waals surface area contributed by atoms with Crippen molar-refractivity contribution in [2.45, 2.75) is 32.2 Å². The molecule has 21 heavy (non-hydrogen) atoms. The Morgan fingerprint density at radius 2 is 2.19 bits per heavy atom. The number of rotatable bonds is 7. The van der Waals surface area contributed by atoms with E-state index in [0.717, 1.165) is 22.9 Å². The number of ether oxygens (including phenoxy) is 1. The molecule has 114 valence electrons. The molecule has 1 aliphatic carbocycles. The summed E-state index contributed by atoms with van der Waals surface area (Å²) >= 11 is 3.38. The van der Waals surface area contributed by atoms with Crippen LogP contribution in [0.5, 0.6) is 5.75 Å². The molecule has 0 saturated heterocycles. The third-order valence-electron chi connectivity index (χ3n) is 3.38. The summed E-state index contributed by atoms with van der Waals surface area (Å²) in [6, 6.07) is 5.31. The van der Waals surface area contributed by atoms with E-state index in [-0.39, 0.29) is 30.9 Å². The second-order valence-electron chi connectivity index (χ2n) is 5.33. The Labute approximate surface area is 131 Å². The van der Waals surface area contributed by atoms with Crippen LogP contribution < -0.4 is 10.1 Å². The van der Waals surface area contributed by atoms with E-state index in [9.17, 15) is 9.59 Å². The molecule has 2 N–H and O–H groups in total. The molecule has 1 atom stereocenters. The van der Waals surface area contributed by atoms with Crippen LogP contribution in [-0.2, 0) is 9.59 Å². The summed E-state index contributed by atoms with van der Waals surface area (Å²) < 4.78 is 6.24. The van der Waals surface area contributed by atoms with Crippen LogP contribution in [0.4, 0.5) is 0 Å². The molecule has 1 fully saturated rings. The van der Waals surface area contributed by atoms with Crippen molar-refractivity contribution in [3.8, 4) is 5.75 Å². The highest BCUT2D eigenvalue weighted by molar-refractivity contribution is 9.10. The highest BCUT2D eigenvalue weighted by Crippen LogP contribution is 2.34. The second kappa shape index (κ2) is 6.93. The van der Waals surface area contributed by atoms with Gasteiger partial charge in [-0.05, 0) is 59.3 Å². The maximum Gasteiger partial charge on any atom is 0.305 e. The molecule has 5 nitrogen and oxygen atoms in total. The third kappa shape index (κ3) is 5.04. The number of hydrogen-bond acceptors (Lipinski definition) is 3. The van der Waals surface area contributed by atoms with Crippen LogP contribution in [0.2, 0.25) is 0 Å². The van der Waals surface area contributed by atoms with E-state index in [0.29, 0.717) is 5.75 Å². The first-order valence-electron chi connectivity index (χ1n) is 6.86. The fourth-order valence-corrected chi connectivity index (χ4v) is 2.74. The summed E-state index contributed by atoms with van der Waals surface area (Å²) in [5, 5.41) is 11.6. The summed E-state index contributed by atoms with van der Waals surface area (Å²) in [4.78, 5) is 22.7. The summed E-state index contributed by atoms with van der Waals surface area (Å²) in [6.45, 7) is 1.85. The van der Waals surface area contributed by atoms with Gasteiger partial charge >= 0.3 is 5.97 Å². The fourth-order valence-electron chi connectivity index (χ4n) is 2.14. The number of aliphatic carboxylic acids is 1. The first kappa shape index (κ1) is 15.8. The van der Waals surface area contributed by atoms with E-state index in [1.54, 1.807) is 6.07 Å². The molecule has 0 aliphatic heterocycles. The van der Waals surface area contributed by atoms with E-state index < -0.39 is 5.97 Å². The second-order valence-corrected chi connectivity index (χ2v) is 6.19. The number of halogens is 1. The van der Waals surface area contributed by atoms with Gasteiger partial charge in [-0.25, -0.2) is 0 Å². The number of carbonyl (C=O) groups excluding carboxylic acids is 1. The van der Waals surface area contributed by atoms with Gasteiger partial charge in [0.1, 0.15) is 5.75 Å². The van der Waals surface area contributed by atoms with Gasteiger partial charge < -0.3 is 15.2 Å². The Morgan fingerprint density at radius 3 is 2.76 bits per heavy atom. The minimum Gasteiger partial charge on any atom is -0.483 e. The normalized spacial score (nSPS) is 15.3. The lowest BCUT2D eigenvalue weighted by atomic mass is 10.1. The molecule has 0 heterocycles. The first-order valence-corrected chi connectivity index (χ1v) is 7.65. The molecule has 1 amide bonds. The summed E-state index contributed by atoms with van der Waals surface area (Å²) in [6.07, 6.45) is 1.91. The maximum absolute atomic E-state index is 11.9. The third-order valence-corrected chi connectivity index (χ3v) is 4.00. The minimum absolute atomic E-state index is 0.0371. The van der Waals surface area contributed by atoms with Crippen molar-refractivity contribution >= 4 is 27.8 Å². The zero-order valence-electron chi connectivity index (χ0n) is 11.8. The predicted molar refractivity (Wildman–Crippen MR) is 81.3 cm³/mol. The van der Waals surface area contributed by atoms with Gasteiger partial charge in [0.05, 0.1) is 10.9 Å². The van der Waals surface area contributed by atoms with Crippen molar-refractivity contribution in [1.82, 2.24) is 5.32 Å². The van der Waals surface area contributed by atoms with Crippen molar-refractivity contribution in [2.24, 2.45) is 5.92 Å². The van der Waals surface area contributed by atoms with Crippen LogP contribution >= 0.6 is 15.9 Å². The molecule has 0 spiro atoms. The van der Waals surface area contributed by atoms with Gasteiger partial charge in [-0.3, -0.25) is 9.59 Å². The average Bonchev–Trinajstić information content (AvgIpc) is 3.20. The van der Waals surface area contributed by atoms with Crippen LogP contribution in [-0.4, -0.2) is 29.6 Å². The number of amides is 1. The monoisotopic (exact) mass is 355 g/mol. The summed E-state index contributed by atoms with van der Waals surface area (Å²) in [5.74, 6) is -0.303.